The summed E-state index contributed by atoms with van der Waals surface area (Å²) in [6.45, 7) is 3.89. The SMILES string of the molecule is O=C(CNc1cccnc1)NCC(c1cccnc1)N1CCOCC1. The average Bonchev–Trinajstić information content (AvgIpc) is 2.69. The van der Waals surface area contributed by atoms with Gasteiger partial charge in [0.1, 0.15) is 0 Å². The predicted octanol–water partition coefficient (Wildman–Crippen LogP) is 1.08. The van der Waals surface area contributed by atoms with Crippen molar-refractivity contribution >= 4 is 11.6 Å². The normalized spacial score (nSPS) is 16.2. The molecular weight excluding hydrogens is 318 g/mol. The molecule has 2 N–H and O–H groups in total. The van der Waals surface area contributed by atoms with Crippen LogP contribution in [0.5, 0.6) is 0 Å². The molecule has 0 spiro atoms. The third-order valence-corrected chi connectivity index (χ3v) is 4.16. The van der Waals surface area contributed by atoms with Gasteiger partial charge in [0.15, 0.2) is 0 Å². The van der Waals surface area contributed by atoms with Crippen LogP contribution in [0, 0.1) is 0 Å². The Morgan fingerprint density at radius 1 is 1.16 bits per heavy atom. The first-order chi connectivity index (χ1) is 12.3. The summed E-state index contributed by atoms with van der Waals surface area (Å²) in [5.41, 5.74) is 1.93. The second-order valence-electron chi connectivity index (χ2n) is 5.85. The third kappa shape index (κ3) is 5.23. The quantitative estimate of drug-likeness (QED) is 0.784. The molecule has 1 saturated heterocycles. The van der Waals surface area contributed by atoms with Crippen LogP contribution < -0.4 is 10.6 Å². The van der Waals surface area contributed by atoms with E-state index < -0.39 is 0 Å². The minimum absolute atomic E-state index is 0.0500. The summed E-state index contributed by atoms with van der Waals surface area (Å²) in [6, 6.07) is 7.78. The summed E-state index contributed by atoms with van der Waals surface area (Å²) in [5.74, 6) is -0.0500. The van der Waals surface area contributed by atoms with Crippen LogP contribution in [0.3, 0.4) is 0 Å². The van der Waals surface area contributed by atoms with Crippen LogP contribution >= 0.6 is 0 Å². The van der Waals surface area contributed by atoms with Gasteiger partial charge < -0.3 is 15.4 Å². The zero-order valence-corrected chi connectivity index (χ0v) is 14.1. The molecule has 1 atom stereocenters. The van der Waals surface area contributed by atoms with E-state index in [1.165, 1.54) is 0 Å². The fourth-order valence-electron chi connectivity index (χ4n) is 2.84. The van der Waals surface area contributed by atoms with Crippen molar-refractivity contribution < 1.29 is 9.53 Å². The van der Waals surface area contributed by atoms with E-state index in [4.69, 9.17) is 4.74 Å². The molecule has 0 radical (unpaired) electrons. The maximum absolute atomic E-state index is 12.2. The molecule has 3 rings (SSSR count). The summed E-state index contributed by atoms with van der Waals surface area (Å²) in [4.78, 5) is 22.7. The highest BCUT2D eigenvalue weighted by atomic mass is 16.5. The molecular formula is C18H23N5O2. The summed E-state index contributed by atoms with van der Waals surface area (Å²) < 4.78 is 5.44. The van der Waals surface area contributed by atoms with Crippen LogP contribution in [-0.4, -0.2) is 60.2 Å². The molecule has 1 aliphatic rings. The van der Waals surface area contributed by atoms with E-state index in [-0.39, 0.29) is 18.5 Å². The summed E-state index contributed by atoms with van der Waals surface area (Å²) in [7, 11) is 0. The van der Waals surface area contributed by atoms with Crippen molar-refractivity contribution in [2.75, 3.05) is 44.7 Å². The van der Waals surface area contributed by atoms with Gasteiger partial charge in [-0.05, 0) is 23.8 Å². The Balaban J connectivity index is 1.55. The van der Waals surface area contributed by atoms with Crippen molar-refractivity contribution in [3.8, 4) is 0 Å². The van der Waals surface area contributed by atoms with Gasteiger partial charge in [0.05, 0.1) is 31.5 Å². The predicted molar refractivity (Wildman–Crippen MR) is 95.1 cm³/mol. The smallest absolute Gasteiger partial charge is 0.239 e. The molecule has 132 valence electrons. The number of nitrogens with zero attached hydrogens (tertiary/aromatic N) is 3. The fourth-order valence-corrected chi connectivity index (χ4v) is 2.84. The Bertz CT molecular complexity index is 647. The molecule has 25 heavy (non-hydrogen) atoms. The monoisotopic (exact) mass is 341 g/mol. The molecule has 1 unspecified atom stereocenters. The molecule has 2 aromatic rings. The molecule has 7 nitrogen and oxygen atoms in total. The van der Waals surface area contributed by atoms with Gasteiger partial charge in [0.25, 0.3) is 0 Å². The fraction of sp³-hybridized carbons (Fsp3) is 0.389. The second-order valence-corrected chi connectivity index (χ2v) is 5.85. The highest BCUT2D eigenvalue weighted by Crippen LogP contribution is 2.20. The van der Waals surface area contributed by atoms with Crippen molar-refractivity contribution in [3.63, 3.8) is 0 Å². The van der Waals surface area contributed by atoms with E-state index in [1.54, 1.807) is 18.6 Å². The number of nitrogens with one attached hydrogen (secondary N) is 2. The van der Waals surface area contributed by atoms with Crippen molar-refractivity contribution in [1.82, 2.24) is 20.2 Å². The molecule has 0 aliphatic carbocycles. The third-order valence-electron chi connectivity index (χ3n) is 4.16. The van der Waals surface area contributed by atoms with Crippen LogP contribution in [-0.2, 0) is 9.53 Å². The van der Waals surface area contributed by atoms with Gasteiger partial charge in [-0.25, -0.2) is 0 Å². The first-order valence-electron chi connectivity index (χ1n) is 8.45. The average molecular weight is 341 g/mol. The number of hydrogen-bond acceptors (Lipinski definition) is 6. The van der Waals surface area contributed by atoms with Crippen molar-refractivity contribution in [1.29, 1.82) is 0 Å². The number of morpholine rings is 1. The molecule has 0 saturated carbocycles. The number of aromatic nitrogens is 2. The van der Waals surface area contributed by atoms with Crippen molar-refractivity contribution in [3.05, 3.63) is 54.6 Å². The van der Waals surface area contributed by atoms with Gasteiger partial charge in [-0.2, -0.15) is 0 Å². The van der Waals surface area contributed by atoms with Crippen LogP contribution in [0.4, 0.5) is 5.69 Å². The number of hydrogen-bond donors (Lipinski definition) is 2. The van der Waals surface area contributed by atoms with Crippen LogP contribution in [0.25, 0.3) is 0 Å². The Hall–Kier alpha value is -2.51. The molecule has 0 aromatic carbocycles. The van der Waals surface area contributed by atoms with E-state index in [9.17, 15) is 4.79 Å². The molecule has 1 fully saturated rings. The zero-order valence-electron chi connectivity index (χ0n) is 14.1. The van der Waals surface area contributed by atoms with E-state index in [2.05, 4.69) is 25.5 Å². The van der Waals surface area contributed by atoms with Gasteiger partial charge in [-0.3, -0.25) is 19.7 Å². The lowest BCUT2D eigenvalue weighted by Crippen LogP contribution is -2.44. The minimum atomic E-state index is -0.0500. The number of ether oxygens (including phenoxy) is 1. The first kappa shape index (κ1) is 17.3. The summed E-state index contributed by atoms with van der Waals surface area (Å²) >= 11 is 0. The number of carbonyl (C=O) groups excluding carboxylic acids is 1. The summed E-state index contributed by atoms with van der Waals surface area (Å²) in [6.07, 6.45) is 7.02. The lowest BCUT2D eigenvalue weighted by atomic mass is 10.1. The Labute approximate surface area is 147 Å². The molecule has 1 amide bonds. The van der Waals surface area contributed by atoms with Crippen LogP contribution in [0.2, 0.25) is 0 Å². The highest BCUT2D eigenvalue weighted by Gasteiger charge is 2.23. The largest absolute Gasteiger partial charge is 0.379 e. The standard InChI is InChI=1S/C18H23N5O2/c24-18(14-21-16-4-2-6-20-12-16)22-13-17(15-3-1-5-19-11-15)23-7-9-25-10-8-23/h1-6,11-12,17,21H,7-10,13-14H2,(H,22,24). The molecule has 0 bridgehead atoms. The summed E-state index contributed by atoms with van der Waals surface area (Å²) in [5, 5.41) is 6.08. The van der Waals surface area contributed by atoms with Gasteiger partial charge in [-0.15, -0.1) is 0 Å². The maximum Gasteiger partial charge on any atom is 0.239 e. The van der Waals surface area contributed by atoms with Gasteiger partial charge in [0.2, 0.25) is 5.91 Å². The van der Waals surface area contributed by atoms with Gasteiger partial charge >= 0.3 is 0 Å². The van der Waals surface area contributed by atoms with Gasteiger partial charge in [-0.1, -0.05) is 6.07 Å². The number of carbonyl (C=O) groups is 1. The Morgan fingerprint density at radius 3 is 2.60 bits per heavy atom. The molecule has 2 aromatic heterocycles. The van der Waals surface area contributed by atoms with E-state index >= 15 is 0 Å². The molecule has 7 heteroatoms. The zero-order chi connectivity index (χ0) is 17.3. The molecule has 1 aliphatic heterocycles. The van der Waals surface area contributed by atoms with E-state index in [0.717, 1.165) is 24.3 Å². The van der Waals surface area contributed by atoms with Crippen molar-refractivity contribution in [2.24, 2.45) is 0 Å². The number of anilines is 1. The number of pyridine rings is 2. The lowest BCUT2D eigenvalue weighted by molar-refractivity contribution is -0.119. The van der Waals surface area contributed by atoms with Crippen molar-refractivity contribution in [2.45, 2.75) is 6.04 Å². The Kier molecular flexibility index (Phi) is 6.30. The second kappa shape index (κ2) is 9.10. The van der Waals surface area contributed by atoms with Crippen LogP contribution in [0.15, 0.2) is 49.1 Å². The first-order valence-corrected chi connectivity index (χ1v) is 8.45. The van der Waals surface area contributed by atoms with E-state index in [0.29, 0.717) is 19.8 Å². The minimum Gasteiger partial charge on any atom is -0.379 e. The molecule has 3 heterocycles. The van der Waals surface area contributed by atoms with Crippen LogP contribution in [0.1, 0.15) is 11.6 Å². The lowest BCUT2D eigenvalue weighted by Gasteiger charge is -2.34. The number of amides is 1. The van der Waals surface area contributed by atoms with Gasteiger partial charge in [0, 0.05) is 44.4 Å². The Morgan fingerprint density at radius 2 is 1.92 bits per heavy atom. The van der Waals surface area contributed by atoms with E-state index in [1.807, 2.05) is 30.5 Å². The number of rotatable bonds is 7. The maximum atomic E-state index is 12.2. The highest BCUT2D eigenvalue weighted by molar-refractivity contribution is 5.80. The topological polar surface area (TPSA) is 79.4 Å².